The molecule has 0 amide bonds. The number of oxime groups is 1. The van der Waals surface area contributed by atoms with Crippen LogP contribution in [-0.4, -0.2) is 11.0 Å². The Balaban J connectivity index is 2.16. The number of hydrogen-bond acceptors (Lipinski definition) is 3. The molecule has 0 saturated heterocycles. The molecule has 104 valence electrons. The zero-order valence-electron chi connectivity index (χ0n) is 11.0. The van der Waals surface area contributed by atoms with Crippen LogP contribution < -0.4 is 10.5 Å². The van der Waals surface area contributed by atoms with Crippen molar-refractivity contribution in [3.8, 4) is 5.75 Å². The largest absolute Gasteiger partial charge is 0.489 e. The van der Waals surface area contributed by atoms with Crippen molar-refractivity contribution < 1.29 is 14.3 Å². The van der Waals surface area contributed by atoms with E-state index in [0.717, 1.165) is 5.56 Å². The second kappa shape index (κ2) is 6.06. The minimum absolute atomic E-state index is 0.0532. The van der Waals surface area contributed by atoms with Crippen LogP contribution in [0, 0.1) is 12.7 Å². The van der Waals surface area contributed by atoms with Gasteiger partial charge in [-0.05, 0) is 25.1 Å². The van der Waals surface area contributed by atoms with E-state index in [0.29, 0.717) is 11.3 Å². The second-order valence-electron chi connectivity index (χ2n) is 4.37. The molecule has 0 fully saturated rings. The van der Waals surface area contributed by atoms with Crippen molar-refractivity contribution in [2.45, 2.75) is 13.5 Å². The Hall–Kier alpha value is -2.56. The molecular weight excluding hydrogens is 259 g/mol. The molecule has 4 nitrogen and oxygen atoms in total. The van der Waals surface area contributed by atoms with Gasteiger partial charge in [0.25, 0.3) is 0 Å². The number of amidine groups is 1. The Labute approximate surface area is 116 Å². The molecule has 0 radical (unpaired) electrons. The number of nitrogens with zero attached hydrogens (tertiary/aromatic N) is 1. The van der Waals surface area contributed by atoms with Gasteiger partial charge in [0.2, 0.25) is 0 Å². The van der Waals surface area contributed by atoms with Crippen LogP contribution in [0.5, 0.6) is 5.75 Å². The first kappa shape index (κ1) is 13.9. The van der Waals surface area contributed by atoms with E-state index in [1.54, 1.807) is 12.1 Å². The lowest BCUT2D eigenvalue weighted by Gasteiger charge is -2.09. The minimum atomic E-state index is -0.546. The number of benzene rings is 2. The first-order valence-corrected chi connectivity index (χ1v) is 6.06. The molecule has 20 heavy (non-hydrogen) atoms. The fourth-order valence-corrected chi connectivity index (χ4v) is 1.74. The van der Waals surface area contributed by atoms with E-state index in [2.05, 4.69) is 5.16 Å². The zero-order chi connectivity index (χ0) is 14.5. The first-order chi connectivity index (χ1) is 9.61. The third-order valence-electron chi connectivity index (χ3n) is 2.88. The predicted octanol–water partition coefficient (Wildman–Crippen LogP) is 2.81. The maximum absolute atomic E-state index is 14.1. The summed E-state index contributed by atoms with van der Waals surface area (Å²) >= 11 is 0. The number of ether oxygens (including phenoxy) is 1. The van der Waals surface area contributed by atoms with Crippen molar-refractivity contribution in [2.24, 2.45) is 10.9 Å². The third kappa shape index (κ3) is 3.06. The highest BCUT2D eigenvalue weighted by atomic mass is 19.1. The van der Waals surface area contributed by atoms with E-state index >= 15 is 0 Å². The Bertz CT molecular complexity index is 624. The fraction of sp³-hybridized carbons (Fsp3) is 0.133. The molecule has 0 aliphatic heterocycles. The van der Waals surface area contributed by atoms with E-state index in [4.69, 9.17) is 15.7 Å². The Morgan fingerprint density at radius 3 is 2.60 bits per heavy atom. The second-order valence-corrected chi connectivity index (χ2v) is 4.37. The summed E-state index contributed by atoms with van der Waals surface area (Å²) in [7, 11) is 0. The van der Waals surface area contributed by atoms with Crippen molar-refractivity contribution in [1.82, 2.24) is 0 Å². The molecule has 0 saturated carbocycles. The predicted molar refractivity (Wildman–Crippen MR) is 74.4 cm³/mol. The van der Waals surface area contributed by atoms with E-state index in [1.807, 2.05) is 31.2 Å². The maximum Gasteiger partial charge on any atom is 0.173 e. The van der Waals surface area contributed by atoms with E-state index in [9.17, 15) is 4.39 Å². The van der Waals surface area contributed by atoms with Crippen molar-refractivity contribution in [2.75, 3.05) is 0 Å². The fourth-order valence-electron chi connectivity index (χ4n) is 1.74. The van der Waals surface area contributed by atoms with Crippen LogP contribution in [0.3, 0.4) is 0 Å². The minimum Gasteiger partial charge on any atom is -0.489 e. The highest BCUT2D eigenvalue weighted by Gasteiger charge is 2.11. The first-order valence-electron chi connectivity index (χ1n) is 6.06. The monoisotopic (exact) mass is 274 g/mol. The lowest BCUT2D eigenvalue weighted by molar-refractivity contribution is 0.299. The van der Waals surface area contributed by atoms with Crippen molar-refractivity contribution in [1.29, 1.82) is 0 Å². The topological polar surface area (TPSA) is 67.8 Å². The Kier molecular flexibility index (Phi) is 4.20. The smallest absolute Gasteiger partial charge is 0.173 e. The standard InChI is InChI=1S/C15H15FN2O2/c1-10-5-7-12(8-6-10)20-9-11-3-2-4-13(14(11)16)15(17)18-19/h2-8,19H,9H2,1H3,(H2,17,18). The number of rotatable bonds is 4. The third-order valence-corrected chi connectivity index (χ3v) is 2.88. The quantitative estimate of drug-likeness (QED) is 0.390. The Morgan fingerprint density at radius 1 is 1.25 bits per heavy atom. The number of nitrogens with two attached hydrogens (primary N) is 1. The lowest BCUT2D eigenvalue weighted by Crippen LogP contribution is -2.16. The molecular formula is C15H15FN2O2. The van der Waals surface area contributed by atoms with Gasteiger partial charge in [-0.3, -0.25) is 0 Å². The molecule has 0 bridgehead atoms. The molecule has 0 unspecified atom stereocenters. The molecule has 5 heteroatoms. The number of halogens is 1. The van der Waals surface area contributed by atoms with Crippen LogP contribution >= 0.6 is 0 Å². The highest BCUT2D eigenvalue weighted by molar-refractivity contribution is 5.97. The summed E-state index contributed by atoms with van der Waals surface area (Å²) in [5, 5.41) is 11.4. The molecule has 2 rings (SSSR count). The average Bonchev–Trinajstić information content (AvgIpc) is 2.47. The summed E-state index contributed by atoms with van der Waals surface area (Å²) in [6.07, 6.45) is 0. The van der Waals surface area contributed by atoms with E-state index in [1.165, 1.54) is 6.07 Å². The van der Waals surface area contributed by atoms with Gasteiger partial charge >= 0.3 is 0 Å². The summed E-state index contributed by atoms with van der Waals surface area (Å²) < 4.78 is 19.6. The van der Waals surface area contributed by atoms with Gasteiger partial charge in [-0.25, -0.2) is 4.39 Å². The molecule has 0 aromatic heterocycles. The summed E-state index contributed by atoms with van der Waals surface area (Å²) in [6, 6.07) is 12.1. The molecule has 2 aromatic carbocycles. The van der Waals surface area contributed by atoms with Gasteiger partial charge in [-0.1, -0.05) is 35.0 Å². The number of hydrogen-bond donors (Lipinski definition) is 2. The number of aryl methyl sites for hydroxylation is 1. The molecule has 0 aliphatic rings. The van der Waals surface area contributed by atoms with Gasteiger partial charge in [0, 0.05) is 5.56 Å². The van der Waals surface area contributed by atoms with Gasteiger partial charge in [-0.15, -0.1) is 0 Å². The normalized spacial score (nSPS) is 11.4. The van der Waals surface area contributed by atoms with Gasteiger partial charge in [0.15, 0.2) is 5.84 Å². The van der Waals surface area contributed by atoms with Crippen LogP contribution in [0.2, 0.25) is 0 Å². The summed E-state index contributed by atoms with van der Waals surface area (Å²) in [6.45, 7) is 2.05. The summed E-state index contributed by atoms with van der Waals surface area (Å²) in [4.78, 5) is 0. The highest BCUT2D eigenvalue weighted by Crippen LogP contribution is 2.17. The van der Waals surface area contributed by atoms with Gasteiger partial charge in [0.1, 0.15) is 18.2 Å². The van der Waals surface area contributed by atoms with Gasteiger partial charge < -0.3 is 15.7 Å². The molecule has 2 aromatic rings. The zero-order valence-corrected chi connectivity index (χ0v) is 11.0. The Morgan fingerprint density at radius 2 is 1.95 bits per heavy atom. The molecule has 0 aliphatic carbocycles. The molecule has 0 atom stereocenters. The van der Waals surface area contributed by atoms with Crippen molar-refractivity contribution >= 4 is 5.84 Å². The van der Waals surface area contributed by atoms with Crippen molar-refractivity contribution in [3.63, 3.8) is 0 Å². The van der Waals surface area contributed by atoms with Crippen LogP contribution in [-0.2, 0) is 6.61 Å². The van der Waals surface area contributed by atoms with E-state index in [-0.39, 0.29) is 18.0 Å². The molecule has 3 N–H and O–H groups in total. The summed E-state index contributed by atoms with van der Waals surface area (Å²) in [5.41, 5.74) is 6.93. The van der Waals surface area contributed by atoms with Crippen LogP contribution in [0.1, 0.15) is 16.7 Å². The lowest BCUT2D eigenvalue weighted by atomic mass is 10.1. The van der Waals surface area contributed by atoms with Crippen molar-refractivity contribution in [3.05, 3.63) is 65.0 Å². The van der Waals surface area contributed by atoms with Crippen LogP contribution in [0.25, 0.3) is 0 Å². The SMILES string of the molecule is Cc1ccc(OCc2cccc(/C(N)=N/O)c2F)cc1. The molecule has 0 spiro atoms. The van der Waals surface area contributed by atoms with Gasteiger partial charge in [-0.2, -0.15) is 0 Å². The van der Waals surface area contributed by atoms with Crippen LogP contribution in [0.4, 0.5) is 4.39 Å². The van der Waals surface area contributed by atoms with E-state index < -0.39 is 5.82 Å². The average molecular weight is 274 g/mol. The van der Waals surface area contributed by atoms with Gasteiger partial charge in [0.05, 0.1) is 5.56 Å². The van der Waals surface area contributed by atoms with Crippen LogP contribution in [0.15, 0.2) is 47.6 Å². The summed E-state index contributed by atoms with van der Waals surface area (Å²) in [5.74, 6) is -0.154. The maximum atomic E-state index is 14.1. The molecule has 0 heterocycles.